The zero-order valence-corrected chi connectivity index (χ0v) is 13.9. The van der Waals surface area contributed by atoms with Crippen LogP contribution >= 0.6 is 11.6 Å². The highest BCUT2D eigenvalue weighted by Crippen LogP contribution is 2.31. The van der Waals surface area contributed by atoms with E-state index in [0.717, 1.165) is 5.56 Å². The zero-order valence-electron chi connectivity index (χ0n) is 13.1. The van der Waals surface area contributed by atoms with Crippen molar-refractivity contribution in [3.63, 3.8) is 0 Å². The number of halogens is 1. The van der Waals surface area contributed by atoms with E-state index in [9.17, 15) is 10.1 Å². The molecule has 0 aliphatic heterocycles. The lowest BCUT2D eigenvalue weighted by molar-refractivity contribution is -0.384. The molecule has 25 heavy (non-hydrogen) atoms. The highest BCUT2D eigenvalue weighted by atomic mass is 35.5. The van der Waals surface area contributed by atoms with Gasteiger partial charge in [0.15, 0.2) is 0 Å². The molecular formula is C17H13ClN4O3. The van der Waals surface area contributed by atoms with Crippen LogP contribution in [0.3, 0.4) is 0 Å². The van der Waals surface area contributed by atoms with Gasteiger partial charge in [-0.05, 0) is 24.3 Å². The first-order valence-corrected chi connectivity index (χ1v) is 7.62. The van der Waals surface area contributed by atoms with Crippen LogP contribution in [0.1, 0.15) is 0 Å². The normalized spacial score (nSPS) is 10.3. The fraction of sp³-hybridized carbons (Fsp3) is 0.0588. The summed E-state index contributed by atoms with van der Waals surface area (Å²) < 4.78 is 5.34. The van der Waals surface area contributed by atoms with E-state index < -0.39 is 4.92 Å². The van der Waals surface area contributed by atoms with Gasteiger partial charge in [-0.2, -0.15) is 0 Å². The minimum atomic E-state index is -0.534. The molecule has 0 saturated carbocycles. The zero-order chi connectivity index (χ0) is 17.8. The quantitative estimate of drug-likeness (QED) is 0.536. The highest BCUT2D eigenvalue weighted by molar-refractivity contribution is 6.32. The Labute approximate surface area is 148 Å². The molecule has 0 bridgehead atoms. The molecule has 8 heteroatoms. The molecule has 7 nitrogen and oxygen atoms in total. The van der Waals surface area contributed by atoms with Gasteiger partial charge in [0.1, 0.15) is 22.9 Å². The lowest BCUT2D eigenvalue weighted by Crippen LogP contribution is -1.98. The van der Waals surface area contributed by atoms with E-state index in [-0.39, 0.29) is 10.7 Å². The van der Waals surface area contributed by atoms with Crippen molar-refractivity contribution in [3.8, 4) is 17.0 Å². The van der Waals surface area contributed by atoms with Crippen molar-refractivity contribution in [2.75, 3.05) is 12.4 Å². The summed E-state index contributed by atoms with van der Waals surface area (Å²) in [6, 6.07) is 13.7. The number of hydrogen-bond acceptors (Lipinski definition) is 6. The second kappa shape index (κ2) is 7.14. The van der Waals surface area contributed by atoms with Gasteiger partial charge in [0.2, 0.25) is 0 Å². The third-order valence-electron chi connectivity index (χ3n) is 3.47. The van der Waals surface area contributed by atoms with Crippen LogP contribution in [0.15, 0.2) is 54.9 Å². The van der Waals surface area contributed by atoms with Crippen LogP contribution in [0.5, 0.6) is 5.75 Å². The summed E-state index contributed by atoms with van der Waals surface area (Å²) in [6.45, 7) is 0. The van der Waals surface area contributed by atoms with Crippen molar-refractivity contribution in [1.82, 2.24) is 9.97 Å². The lowest BCUT2D eigenvalue weighted by Gasteiger charge is -2.10. The van der Waals surface area contributed by atoms with Gasteiger partial charge in [-0.3, -0.25) is 10.1 Å². The maximum Gasteiger partial charge on any atom is 0.289 e. The summed E-state index contributed by atoms with van der Waals surface area (Å²) in [7, 11) is 1.59. The Morgan fingerprint density at radius 3 is 2.72 bits per heavy atom. The molecule has 2 aromatic carbocycles. The van der Waals surface area contributed by atoms with Crippen molar-refractivity contribution in [3.05, 3.63) is 70.0 Å². The number of anilines is 2. The van der Waals surface area contributed by atoms with Crippen molar-refractivity contribution < 1.29 is 9.66 Å². The van der Waals surface area contributed by atoms with Gasteiger partial charge in [-0.1, -0.05) is 23.7 Å². The third-order valence-corrected chi connectivity index (χ3v) is 3.78. The van der Waals surface area contributed by atoms with Gasteiger partial charge in [0.05, 0.1) is 17.7 Å². The maximum absolute atomic E-state index is 11.0. The molecule has 0 saturated heterocycles. The topological polar surface area (TPSA) is 90.2 Å². The van der Waals surface area contributed by atoms with Crippen LogP contribution < -0.4 is 10.1 Å². The summed E-state index contributed by atoms with van der Waals surface area (Å²) >= 11 is 5.82. The Morgan fingerprint density at radius 1 is 1.16 bits per heavy atom. The molecule has 3 aromatic rings. The van der Waals surface area contributed by atoms with Crippen molar-refractivity contribution in [1.29, 1.82) is 0 Å². The molecule has 0 unspecified atom stereocenters. The Bertz CT molecular complexity index is 933. The fourth-order valence-corrected chi connectivity index (χ4v) is 2.49. The van der Waals surface area contributed by atoms with Gasteiger partial charge in [-0.25, -0.2) is 9.97 Å². The molecule has 1 N–H and O–H groups in total. The summed E-state index contributed by atoms with van der Waals surface area (Å²) in [5.41, 5.74) is 1.81. The van der Waals surface area contributed by atoms with Gasteiger partial charge in [-0.15, -0.1) is 0 Å². The molecule has 0 spiro atoms. The Balaban J connectivity index is 1.93. The molecule has 1 heterocycles. The average molecular weight is 357 g/mol. The first kappa shape index (κ1) is 16.7. The standard InChI is InChI=1S/C17H13ClN4O3/c1-25-16-5-3-2-4-12(16)14-9-17(20-10-19-14)21-11-6-7-13(18)15(8-11)22(23)24/h2-10H,1H3,(H,19,20,21). The molecule has 0 aliphatic carbocycles. The van der Waals surface area contributed by atoms with E-state index in [4.69, 9.17) is 16.3 Å². The van der Waals surface area contributed by atoms with E-state index in [1.165, 1.54) is 18.5 Å². The first-order chi connectivity index (χ1) is 12.1. The lowest BCUT2D eigenvalue weighted by atomic mass is 10.1. The van der Waals surface area contributed by atoms with Crippen LogP contribution in [0.25, 0.3) is 11.3 Å². The minimum Gasteiger partial charge on any atom is -0.496 e. The number of nitro groups is 1. The Morgan fingerprint density at radius 2 is 1.96 bits per heavy atom. The molecule has 0 fully saturated rings. The van der Waals surface area contributed by atoms with Gasteiger partial charge in [0, 0.05) is 23.4 Å². The number of ether oxygens (including phenoxy) is 1. The fourth-order valence-electron chi connectivity index (χ4n) is 2.31. The largest absolute Gasteiger partial charge is 0.496 e. The molecular weight excluding hydrogens is 344 g/mol. The van der Waals surface area contributed by atoms with Gasteiger partial charge < -0.3 is 10.1 Å². The number of hydrogen-bond donors (Lipinski definition) is 1. The maximum atomic E-state index is 11.0. The average Bonchev–Trinajstić information content (AvgIpc) is 2.63. The molecule has 0 atom stereocenters. The summed E-state index contributed by atoms with van der Waals surface area (Å²) in [4.78, 5) is 18.9. The minimum absolute atomic E-state index is 0.0768. The third kappa shape index (κ3) is 3.67. The smallest absolute Gasteiger partial charge is 0.289 e. The SMILES string of the molecule is COc1ccccc1-c1cc(Nc2ccc(Cl)c([N+](=O)[O-])c2)ncn1. The van der Waals surface area contributed by atoms with Crippen LogP contribution in [0.4, 0.5) is 17.2 Å². The van der Waals surface area contributed by atoms with E-state index in [2.05, 4.69) is 15.3 Å². The number of nitrogens with zero attached hydrogens (tertiary/aromatic N) is 3. The monoisotopic (exact) mass is 356 g/mol. The number of benzene rings is 2. The molecule has 3 rings (SSSR count). The number of para-hydroxylation sites is 1. The number of rotatable bonds is 5. The van der Waals surface area contributed by atoms with E-state index in [1.54, 1.807) is 19.2 Å². The first-order valence-electron chi connectivity index (χ1n) is 7.25. The number of methoxy groups -OCH3 is 1. The van der Waals surface area contributed by atoms with Gasteiger partial charge in [0.25, 0.3) is 5.69 Å². The van der Waals surface area contributed by atoms with Crippen LogP contribution in [0, 0.1) is 10.1 Å². The van der Waals surface area contributed by atoms with E-state index in [1.807, 2.05) is 24.3 Å². The van der Waals surface area contributed by atoms with E-state index in [0.29, 0.717) is 22.9 Å². The van der Waals surface area contributed by atoms with Crippen LogP contribution in [0.2, 0.25) is 5.02 Å². The summed E-state index contributed by atoms with van der Waals surface area (Å²) in [5, 5.41) is 14.1. The number of aromatic nitrogens is 2. The molecule has 126 valence electrons. The van der Waals surface area contributed by atoms with Crippen LogP contribution in [-0.4, -0.2) is 22.0 Å². The van der Waals surface area contributed by atoms with Crippen LogP contribution in [-0.2, 0) is 0 Å². The second-order valence-electron chi connectivity index (χ2n) is 5.04. The highest BCUT2D eigenvalue weighted by Gasteiger charge is 2.13. The predicted molar refractivity (Wildman–Crippen MR) is 95.4 cm³/mol. The second-order valence-corrected chi connectivity index (χ2v) is 5.44. The summed E-state index contributed by atoms with van der Waals surface area (Å²) in [5.74, 6) is 1.18. The molecule has 0 amide bonds. The molecule has 0 radical (unpaired) electrons. The van der Waals surface area contributed by atoms with Gasteiger partial charge >= 0.3 is 0 Å². The summed E-state index contributed by atoms with van der Waals surface area (Å²) in [6.07, 6.45) is 1.41. The van der Waals surface area contributed by atoms with Crippen molar-refractivity contribution in [2.45, 2.75) is 0 Å². The molecule has 0 aliphatic rings. The Hall–Kier alpha value is -3.19. The number of nitro benzene ring substituents is 1. The Kier molecular flexibility index (Phi) is 4.76. The molecule has 1 aromatic heterocycles. The number of nitrogens with one attached hydrogen (secondary N) is 1. The van der Waals surface area contributed by atoms with E-state index >= 15 is 0 Å². The van der Waals surface area contributed by atoms with Crippen molar-refractivity contribution in [2.24, 2.45) is 0 Å². The van der Waals surface area contributed by atoms with Crippen molar-refractivity contribution >= 4 is 28.8 Å². The predicted octanol–water partition coefficient (Wildman–Crippen LogP) is 4.46.